The van der Waals surface area contributed by atoms with E-state index in [9.17, 15) is 4.79 Å². The summed E-state index contributed by atoms with van der Waals surface area (Å²) in [6, 6.07) is 8.86. The highest BCUT2D eigenvalue weighted by Gasteiger charge is 2.29. The highest BCUT2D eigenvalue weighted by molar-refractivity contribution is 5.85. The zero-order valence-electron chi connectivity index (χ0n) is 12.2. The van der Waals surface area contributed by atoms with Gasteiger partial charge in [-0.25, -0.2) is 4.79 Å². The number of anilines is 1. The molecule has 2 aliphatic heterocycles. The maximum Gasteiger partial charge on any atom is 0.328 e. The predicted molar refractivity (Wildman–Crippen MR) is 84.5 cm³/mol. The van der Waals surface area contributed by atoms with Gasteiger partial charge in [0, 0.05) is 30.9 Å². The summed E-state index contributed by atoms with van der Waals surface area (Å²) in [4.78, 5) is 15.6. The van der Waals surface area contributed by atoms with Crippen LogP contribution in [0.25, 0.3) is 6.08 Å². The average molecular weight is 286 g/mol. The van der Waals surface area contributed by atoms with E-state index in [1.54, 1.807) is 6.08 Å². The van der Waals surface area contributed by atoms with Crippen LogP contribution >= 0.6 is 0 Å². The molecule has 2 saturated heterocycles. The van der Waals surface area contributed by atoms with Crippen molar-refractivity contribution in [1.29, 1.82) is 0 Å². The Morgan fingerprint density at radius 2 is 1.86 bits per heavy atom. The third-order valence-electron chi connectivity index (χ3n) is 4.50. The summed E-state index contributed by atoms with van der Waals surface area (Å²) >= 11 is 0. The van der Waals surface area contributed by atoms with Crippen LogP contribution in [0.15, 0.2) is 30.3 Å². The number of carboxylic acids is 1. The Morgan fingerprint density at radius 1 is 1.14 bits per heavy atom. The number of rotatable bonds is 4. The number of nitrogens with zero attached hydrogens (tertiary/aromatic N) is 2. The van der Waals surface area contributed by atoms with Gasteiger partial charge in [0.25, 0.3) is 0 Å². The minimum Gasteiger partial charge on any atom is -0.478 e. The summed E-state index contributed by atoms with van der Waals surface area (Å²) < 4.78 is 0. The molecule has 21 heavy (non-hydrogen) atoms. The molecule has 0 bridgehead atoms. The van der Waals surface area contributed by atoms with Gasteiger partial charge in [0.1, 0.15) is 0 Å². The number of carbonyl (C=O) groups is 1. The molecule has 1 atom stereocenters. The van der Waals surface area contributed by atoms with E-state index in [0.717, 1.165) is 18.7 Å². The van der Waals surface area contributed by atoms with E-state index < -0.39 is 5.97 Å². The Hall–Kier alpha value is -1.81. The second-order valence-corrected chi connectivity index (χ2v) is 5.89. The minimum atomic E-state index is -0.910. The van der Waals surface area contributed by atoms with Crippen molar-refractivity contribution < 1.29 is 9.90 Å². The second kappa shape index (κ2) is 6.31. The largest absolute Gasteiger partial charge is 0.478 e. The van der Waals surface area contributed by atoms with Crippen molar-refractivity contribution in [2.24, 2.45) is 0 Å². The van der Waals surface area contributed by atoms with Gasteiger partial charge in [-0.15, -0.1) is 0 Å². The third-order valence-corrected chi connectivity index (χ3v) is 4.50. The lowest BCUT2D eigenvalue weighted by Crippen LogP contribution is -2.35. The van der Waals surface area contributed by atoms with E-state index in [2.05, 4.69) is 21.9 Å². The van der Waals surface area contributed by atoms with Gasteiger partial charge in [0.15, 0.2) is 0 Å². The van der Waals surface area contributed by atoms with Crippen molar-refractivity contribution in [3.8, 4) is 0 Å². The van der Waals surface area contributed by atoms with Gasteiger partial charge in [-0.05, 0) is 56.1 Å². The highest BCUT2D eigenvalue weighted by Crippen LogP contribution is 2.25. The molecule has 0 saturated carbocycles. The minimum absolute atomic E-state index is 0.707. The van der Waals surface area contributed by atoms with Gasteiger partial charge < -0.3 is 10.0 Å². The van der Waals surface area contributed by atoms with E-state index in [1.807, 2.05) is 12.1 Å². The lowest BCUT2D eigenvalue weighted by atomic mass is 10.2. The molecule has 1 aromatic rings. The Kier molecular flexibility index (Phi) is 4.25. The molecule has 1 N–H and O–H groups in total. The second-order valence-electron chi connectivity index (χ2n) is 5.89. The van der Waals surface area contributed by atoms with Crippen LogP contribution in [0.2, 0.25) is 0 Å². The first-order valence-corrected chi connectivity index (χ1v) is 7.72. The maximum absolute atomic E-state index is 10.5. The molecule has 1 aromatic carbocycles. The zero-order chi connectivity index (χ0) is 14.7. The Labute approximate surface area is 125 Å². The molecular formula is C17H22N2O2. The van der Waals surface area contributed by atoms with E-state index in [-0.39, 0.29) is 0 Å². The Balaban J connectivity index is 1.61. The monoisotopic (exact) mass is 286 g/mol. The lowest BCUT2D eigenvalue weighted by Gasteiger charge is -2.24. The molecular weight excluding hydrogens is 264 g/mol. The van der Waals surface area contributed by atoms with Crippen LogP contribution in [0.4, 0.5) is 5.69 Å². The first-order valence-electron chi connectivity index (χ1n) is 7.72. The third kappa shape index (κ3) is 3.45. The molecule has 0 aliphatic carbocycles. The van der Waals surface area contributed by atoms with Crippen LogP contribution in [0.1, 0.15) is 24.8 Å². The zero-order valence-corrected chi connectivity index (χ0v) is 12.2. The van der Waals surface area contributed by atoms with Gasteiger partial charge in [0.05, 0.1) is 0 Å². The topological polar surface area (TPSA) is 43.8 Å². The highest BCUT2D eigenvalue weighted by atomic mass is 16.4. The molecule has 2 aliphatic rings. The quantitative estimate of drug-likeness (QED) is 0.864. The van der Waals surface area contributed by atoms with E-state index in [4.69, 9.17) is 5.11 Å². The van der Waals surface area contributed by atoms with Gasteiger partial charge in [-0.1, -0.05) is 12.1 Å². The van der Waals surface area contributed by atoms with Crippen molar-refractivity contribution in [2.75, 3.05) is 31.1 Å². The summed E-state index contributed by atoms with van der Waals surface area (Å²) in [5, 5.41) is 8.64. The fourth-order valence-electron chi connectivity index (χ4n) is 3.34. The van der Waals surface area contributed by atoms with Crippen LogP contribution in [0.5, 0.6) is 0 Å². The summed E-state index contributed by atoms with van der Waals surface area (Å²) in [6.07, 6.45) is 6.75. The van der Waals surface area contributed by atoms with Gasteiger partial charge >= 0.3 is 5.97 Å². The van der Waals surface area contributed by atoms with Crippen molar-refractivity contribution in [3.05, 3.63) is 35.9 Å². The number of hydrogen-bond acceptors (Lipinski definition) is 3. The van der Waals surface area contributed by atoms with Crippen LogP contribution in [-0.4, -0.2) is 48.2 Å². The van der Waals surface area contributed by atoms with Crippen molar-refractivity contribution in [3.63, 3.8) is 0 Å². The van der Waals surface area contributed by atoms with Crippen molar-refractivity contribution >= 4 is 17.7 Å². The van der Waals surface area contributed by atoms with Crippen molar-refractivity contribution in [1.82, 2.24) is 4.90 Å². The standard InChI is InChI=1S/C17H22N2O2/c20-17(21)8-5-14-3-6-15(7-4-14)19-12-9-16(13-19)18-10-1-2-11-18/h3-8,16H,1-2,9-13H2,(H,20,21). The smallest absolute Gasteiger partial charge is 0.328 e. The van der Waals surface area contributed by atoms with E-state index in [1.165, 1.54) is 44.1 Å². The fourth-order valence-corrected chi connectivity index (χ4v) is 3.34. The Bertz CT molecular complexity index is 518. The van der Waals surface area contributed by atoms with E-state index >= 15 is 0 Å². The first-order chi connectivity index (χ1) is 10.2. The van der Waals surface area contributed by atoms with Crippen molar-refractivity contribution in [2.45, 2.75) is 25.3 Å². The first kappa shape index (κ1) is 14.1. The summed E-state index contributed by atoms with van der Waals surface area (Å²) in [5.41, 5.74) is 2.17. The van der Waals surface area contributed by atoms with Gasteiger partial charge in [0.2, 0.25) is 0 Å². The molecule has 4 nitrogen and oxygen atoms in total. The molecule has 112 valence electrons. The van der Waals surface area contributed by atoms with Crippen LogP contribution in [0, 0.1) is 0 Å². The number of carboxylic acid groups (broad SMARTS) is 1. The summed E-state index contributed by atoms with van der Waals surface area (Å²) in [7, 11) is 0. The normalized spacial score (nSPS) is 23.2. The summed E-state index contributed by atoms with van der Waals surface area (Å²) in [5.74, 6) is -0.910. The van der Waals surface area contributed by atoms with E-state index in [0.29, 0.717) is 6.04 Å². The van der Waals surface area contributed by atoms with Crippen LogP contribution in [0.3, 0.4) is 0 Å². The fraction of sp³-hybridized carbons (Fsp3) is 0.471. The molecule has 2 fully saturated rings. The molecule has 0 spiro atoms. The van der Waals surface area contributed by atoms with Crippen LogP contribution in [-0.2, 0) is 4.79 Å². The molecule has 1 unspecified atom stereocenters. The van der Waals surface area contributed by atoms with Crippen LogP contribution < -0.4 is 4.90 Å². The average Bonchev–Trinajstić information content (AvgIpc) is 3.16. The summed E-state index contributed by atoms with van der Waals surface area (Å²) in [6.45, 7) is 4.75. The lowest BCUT2D eigenvalue weighted by molar-refractivity contribution is -0.131. The molecule has 2 heterocycles. The molecule has 0 radical (unpaired) electrons. The number of likely N-dealkylation sites (tertiary alicyclic amines) is 1. The number of hydrogen-bond donors (Lipinski definition) is 1. The Morgan fingerprint density at radius 3 is 2.52 bits per heavy atom. The molecule has 0 amide bonds. The predicted octanol–water partition coefficient (Wildman–Crippen LogP) is 2.46. The van der Waals surface area contributed by atoms with Gasteiger partial charge in [-0.3, -0.25) is 4.90 Å². The molecule has 4 heteroatoms. The molecule has 3 rings (SSSR count). The molecule has 0 aromatic heterocycles. The number of benzene rings is 1. The number of aliphatic carboxylic acids is 1. The SMILES string of the molecule is O=C(O)C=Cc1ccc(N2CCC(N3CCCC3)C2)cc1. The maximum atomic E-state index is 10.5. The van der Waals surface area contributed by atoms with Gasteiger partial charge in [-0.2, -0.15) is 0 Å².